The number of likely N-dealkylation sites (N-methyl/N-ethyl adjacent to an activating group) is 1. The molecule has 0 aliphatic heterocycles. The second kappa shape index (κ2) is 12.9. The number of rotatable bonds is 12. The van der Waals surface area contributed by atoms with Crippen LogP contribution in [-0.2, 0) is 20.7 Å². The maximum Gasteiger partial charge on any atom is 0.293 e. The molecule has 3 unspecified atom stereocenters. The monoisotopic (exact) mass is 483 g/mol. The first kappa shape index (κ1) is 27.9. The largest absolute Gasteiger partial charge is 0.453 e. The summed E-state index contributed by atoms with van der Waals surface area (Å²) in [5, 5.41) is 16.3. The van der Waals surface area contributed by atoms with Gasteiger partial charge in [0.2, 0.25) is 0 Å². The number of ether oxygens (including phenoxy) is 1. The molecule has 2 amide bonds. The summed E-state index contributed by atoms with van der Waals surface area (Å²) in [7, 11) is 1.75. The van der Waals surface area contributed by atoms with Crippen LogP contribution in [0.2, 0.25) is 0 Å². The van der Waals surface area contributed by atoms with Gasteiger partial charge in [0.25, 0.3) is 18.3 Å². The third-order valence-electron chi connectivity index (χ3n) is 5.50. The van der Waals surface area contributed by atoms with Crippen LogP contribution in [-0.4, -0.2) is 60.8 Å². The summed E-state index contributed by atoms with van der Waals surface area (Å²) in [5.41, 5.74) is 1.77. The number of hydrogen-bond acceptors (Lipinski definition) is 6. The van der Waals surface area contributed by atoms with Crippen LogP contribution in [0.25, 0.3) is 0 Å². The minimum absolute atomic E-state index is 0.0647. The predicted octanol–water partition coefficient (Wildman–Crippen LogP) is 2.69. The van der Waals surface area contributed by atoms with Gasteiger partial charge in [-0.1, -0.05) is 43.3 Å². The maximum atomic E-state index is 13.1. The Morgan fingerprint density at radius 1 is 1.11 bits per heavy atom. The van der Waals surface area contributed by atoms with Gasteiger partial charge in [0.1, 0.15) is 0 Å². The molecule has 0 radical (unpaired) electrons. The Kier molecular flexibility index (Phi) is 10.3. The Bertz CT molecular complexity index is 974. The molecule has 3 atom stereocenters. The highest BCUT2D eigenvalue weighted by atomic mass is 16.5. The Morgan fingerprint density at radius 3 is 2.40 bits per heavy atom. The molecule has 2 aromatic carbocycles. The van der Waals surface area contributed by atoms with Crippen LogP contribution in [0.1, 0.15) is 50.0 Å². The van der Waals surface area contributed by atoms with Gasteiger partial charge in [0, 0.05) is 23.8 Å². The average Bonchev–Trinajstić information content (AvgIpc) is 2.82. The second-order valence-electron chi connectivity index (χ2n) is 9.64. The Balaban J connectivity index is 2.13. The maximum absolute atomic E-state index is 13.1. The molecule has 2 rings (SSSR count). The zero-order chi connectivity index (χ0) is 26.0. The van der Waals surface area contributed by atoms with Crippen LogP contribution < -0.4 is 15.5 Å². The zero-order valence-electron chi connectivity index (χ0n) is 21.2. The van der Waals surface area contributed by atoms with Gasteiger partial charge in [-0.25, -0.2) is 0 Å². The van der Waals surface area contributed by atoms with Gasteiger partial charge in [-0.15, -0.1) is 0 Å². The number of carbonyl (C=O) groups is 3. The quantitative estimate of drug-likeness (QED) is 0.401. The minimum atomic E-state index is -1.10. The number of nitrogens with one attached hydrogen (secondary N) is 2. The molecule has 35 heavy (non-hydrogen) atoms. The summed E-state index contributed by atoms with van der Waals surface area (Å²) in [6.45, 7) is 7.86. The third kappa shape index (κ3) is 9.05. The molecular weight excluding hydrogens is 446 g/mol. The fraction of sp³-hybridized carbons (Fsp3) is 0.444. The summed E-state index contributed by atoms with van der Waals surface area (Å²) in [6, 6.07) is 16.0. The SMILES string of the molecule is CCC(O)C(Cc1ccccc1)NC(=O)C(CN(C)c1cccc(C(=O)NC(C)(C)C)c1)OC=O. The molecule has 0 saturated heterocycles. The Hall–Kier alpha value is -3.39. The van der Waals surface area contributed by atoms with Gasteiger partial charge in [0.05, 0.1) is 18.7 Å². The van der Waals surface area contributed by atoms with E-state index in [0.717, 1.165) is 5.56 Å². The van der Waals surface area contributed by atoms with Crippen molar-refractivity contribution in [1.29, 1.82) is 0 Å². The van der Waals surface area contributed by atoms with Crippen molar-refractivity contribution >= 4 is 24.0 Å². The first-order valence-corrected chi connectivity index (χ1v) is 11.8. The molecule has 0 aliphatic carbocycles. The summed E-state index contributed by atoms with van der Waals surface area (Å²) in [4.78, 5) is 38.5. The number of aliphatic hydroxyl groups is 1. The molecule has 0 aliphatic rings. The van der Waals surface area contributed by atoms with Crippen molar-refractivity contribution in [3.8, 4) is 0 Å². The first-order valence-electron chi connectivity index (χ1n) is 11.8. The van der Waals surface area contributed by atoms with Gasteiger partial charge in [0.15, 0.2) is 6.10 Å². The standard InChI is InChI=1S/C27H37N3O5/c1-6-23(32)22(15-19-11-8-7-9-12-19)28-26(34)24(35-18-31)17-30(5)21-14-10-13-20(16-21)25(33)29-27(2,3)4/h7-14,16,18,22-24,32H,6,15,17H2,1-5H3,(H,28,34)(H,29,33). The number of amides is 2. The second-order valence-corrected chi connectivity index (χ2v) is 9.64. The molecule has 0 heterocycles. The van der Waals surface area contributed by atoms with Crippen molar-refractivity contribution in [2.45, 2.75) is 64.3 Å². The molecule has 0 saturated carbocycles. The molecule has 0 aromatic heterocycles. The van der Waals surface area contributed by atoms with Gasteiger partial charge in [-0.2, -0.15) is 0 Å². The Morgan fingerprint density at radius 2 is 1.80 bits per heavy atom. The van der Waals surface area contributed by atoms with E-state index < -0.39 is 24.2 Å². The molecule has 0 spiro atoms. The lowest BCUT2D eigenvalue weighted by Crippen LogP contribution is -2.51. The fourth-order valence-electron chi connectivity index (χ4n) is 3.62. The van der Waals surface area contributed by atoms with Gasteiger partial charge >= 0.3 is 0 Å². The van der Waals surface area contributed by atoms with Gasteiger partial charge < -0.3 is 25.4 Å². The van der Waals surface area contributed by atoms with E-state index in [2.05, 4.69) is 10.6 Å². The smallest absolute Gasteiger partial charge is 0.293 e. The van der Waals surface area contributed by atoms with Crippen molar-refractivity contribution < 1.29 is 24.2 Å². The van der Waals surface area contributed by atoms with Crippen LogP contribution in [0, 0.1) is 0 Å². The highest BCUT2D eigenvalue weighted by molar-refractivity contribution is 5.95. The minimum Gasteiger partial charge on any atom is -0.453 e. The molecule has 2 aromatic rings. The van der Waals surface area contributed by atoms with E-state index in [-0.39, 0.29) is 24.5 Å². The van der Waals surface area contributed by atoms with Crippen LogP contribution in [0.5, 0.6) is 0 Å². The number of anilines is 1. The molecule has 8 nitrogen and oxygen atoms in total. The van der Waals surface area contributed by atoms with Gasteiger partial charge in [-0.3, -0.25) is 14.4 Å². The number of aliphatic hydroxyl groups excluding tert-OH is 1. The molecule has 0 bridgehead atoms. The molecule has 190 valence electrons. The topological polar surface area (TPSA) is 108 Å². The van der Waals surface area contributed by atoms with Crippen molar-refractivity contribution in [2.24, 2.45) is 0 Å². The lowest BCUT2D eigenvalue weighted by Gasteiger charge is -2.28. The van der Waals surface area contributed by atoms with Crippen LogP contribution in [0.15, 0.2) is 54.6 Å². The van der Waals surface area contributed by atoms with E-state index in [9.17, 15) is 19.5 Å². The summed E-state index contributed by atoms with van der Waals surface area (Å²) >= 11 is 0. The number of benzene rings is 2. The fourth-order valence-corrected chi connectivity index (χ4v) is 3.62. The van der Waals surface area contributed by atoms with Crippen LogP contribution >= 0.6 is 0 Å². The molecular formula is C27H37N3O5. The molecule has 3 N–H and O–H groups in total. The van der Waals surface area contributed by atoms with E-state index in [0.29, 0.717) is 24.1 Å². The Labute approximate surface area is 207 Å². The number of carbonyl (C=O) groups excluding carboxylic acids is 3. The van der Waals surface area contributed by atoms with E-state index in [4.69, 9.17) is 4.74 Å². The van der Waals surface area contributed by atoms with E-state index >= 15 is 0 Å². The van der Waals surface area contributed by atoms with E-state index in [1.807, 2.05) is 64.1 Å². The average molecular weight is 484 g/mol. The van der Waals surface area contributed by atoms with E-state index in [1.165, 1.54) is 0 Å². The summed E-state index contributed by atoms with van der Waals surface area (Å²) < 4.78 is 5.11. The van der Waals surface area contributed by atoms with Crippen molar-refractivity contribution in [3.63, 3.8) is 0 Å². The van der Waals surface area contributed by atoms with Crippen LogP contribution in [0.3, 0.4) is 0 Å². The summed E-state index contributed by atoms with van der Waals surface area (Å²) in [6.07, 6.45) is -0.963. The lowest BCUT2D eigenvalue weighted by molar-refractivity contribution is -0.145. The van der Waals surface area contributed by atoms with Crippen molar-refractivity contribution in [3.05, 3.63) is 65.7 Å². The van der Waals surface area contributed by atoms with Crippen LogP contribution in [0.4, 0.5) is 5.69 Å². The number of hydrogen-bond donors (Lipinski definition) is 3. The van der Waals surface area contributed by atoms with E-state index in [1.54, 1.807) is 30.1 Å². The lowest BCUT2D eigenvalue weighted by atomic mass is 9.99. The highest BCUT2D eigenvalue weighted by Crippen LogP contribution is 2.17. The van der Waals surface area contributed by atoms with Crippen molar-refractivity contribution in [2.75, 3.05) is 18.5 Å². The highest BCUT2D eigenvalue weighted by Gasteiger charge is 2.28. The zero-order valence-corrected chi connectivity index (χ0v) is 21.2. The van der Waals surface area contributed by atoms with Gasteiger partial charge in [-0.05, 0) is 57.4 Å². The number of nitrogens with zero attached hydrogens (tertiary/aromatic N) is 1. The molecule has 8 heteroatoms. The van der Waals surface area contributed by atoms with Crippen molar-refractivity contribution in [1.82, 2.24) is 10.6 Å². The summed E-state index contributed by atoms with van der Waals surface area (Å²) in [5.74, 6) is -0.706. The predicted molar refractivity (Wildman–Crippen MR) is 136 cm³/mol. The first-order chi connectivity index (χ1) is 16.5. The normalized spacial score (nSPS) is 13.8. The third-order valence-corrected chi connectivity index (χ3v) is 5.50. The molecule has 0 fully saturated rings.